The topological polar surface area (TPSA) is 63.2 Å². The largest absolute Gasteiger partial charge is 0.347 e. The number of hydrogen-bond acceptors (Lipinski definition) is 3. The third-order valence-corrected chi connectivity index (χ3v) is 5.74. The molecule has 0 unspecified atom stereocenters. The van der Waals surface area contributed by atoms with Gasteiger partial charge in [0.05, 0.1) is 5.02 Å². The van der Waals surface area contributed by atoms with Crippen molar-refractivity contribution in [3.63, 3.8) is 0 Å². The van der Waals surface area contributed by atoms with Crippen LogP contribution in [0.15, 0.2) is 17.0 Å². The van der Waals surface area contributed by atoms with Crippen LogP contribution < -0.4 is 5.32 Å². The highest BCUT2D eigenvalue weighted by Crippen LogP contribution is 2.39. The average molecular weight is 350 g/mol. The first-order valence-electron chi connectivity index (χ1n) is 6.59. The van der Waals surface area contributed by atoms with Crippen LogP contribution in [-0.4, -0.2) is 19.9 Å². The molecule has 21 heavy (non-hydrogen) atoms. The lowest BCUT2D eigenvalue weighted by molar-refractivity contribution is 0.0903. The van der Waals surface area contributed by atoms with Gasteiger partial charge in [0.1, 0.15) is 4.90 Å². The van der Waals surface area contributed by atoms with E-state index in [0.29, 0.717) is 11.5 Å². The summed E-state index contributed by atoms with van der Waals surface area (Å²) in [5, 5.41) is 2.98. The molecule has 2 rings (SSSR count). The normalized spacial score (nSPS) is 15.9. The number of rotatable bonds is 4. The summed E-state index contributed by atoms with van der Waals surface area (Å²) in [5.74, 6) is 0.138. The third kappa shape index (κ3) is 3.71. The lowest BCUT2D eigenvalue weighted by Gasteiger charge is -2.26. The van der Waals surface area contributed by atoms with E-state index in [-0.39, 0.29) is 26.9 Å². The van der Waals surface area contributed by atoms with Gasteiger partial charge in [0.2, 0.25) is 0 Å². The summed E-state index contributed by atoms with van der Waals surface area (Å²) in [6.45, 7) is 5.56. The van der Waals surface area contributed by atoms with Crippen LogP contribution in [0.1, 0.15) is 42.6 Å². The number of benzene rings is 1. The Morgan fingerprint density at radius 2 is 1.90 bits per heavy atom. The zero-order valence-corrected chi connectivity index (χ0v) is 14.4. The van der Waals surface area contributed by atoms with E-state index in [0.717, 1.165) is 12.8 Å². The van der Waals surface area contributed by atoms with Crippen LogP contribution in [0.25, 0.3) is 0 Å². The summed E-state index contributed by atoms with van der Waals surface area (Å²) in [5.41, 5.74) is 0.419. The molecule has 1 aromatic carbocycles. The van der Waals surface area contributed by atoms with Crippen LogP contribution in [0.5, 0.6) is 0 Å². The van der Waals surface area contributed by atoms with Gasteiger partial charge >= 0.3 is 0 Å². The molecule has 0 atom stereocenters. The maximum absolute atomic E-state index is 12.3. The van der Waals surface area contributed by atoms with Crippen molar-refractivity contribution in [3.8, 4) is 0 Å². The van der Waals surface area contributed by atoms with Crippen LogP contribution in [0.3, 0.4) is 0 Å². The van der Waals surface area contributed by atoms with Gasteiger partial charge in [-0.1, -0.05) is 11.6 Å². The second-order valence-corrected chi connectivity index (χ2v) is 8.91. The van der Waals surface area contributed by atoms with Gasteiger partial charge in [0.15, 0.2) is 0 Å². The van der Waals surface area contributed by atoms with E-state index in [1.165, 1.54) is 6.07 Å². The number of halogens is 2. The van der Waals surface area contributed by atoms with E-state index in [9.17, 15) is 13.2 Å². The minimum atomic E-state index is -4.00. The Morgan fingerprint density at radius 1 is 1.33 bits per heavy atom. The molecule has 1 aliphatic rings. The monoisotopic (exact) mass is 349 g/mol. The van der Waals surface area contributed by atoms with E-state index in [1.54, 1.807) is 13.0 Å². The highest BCUT2D eigenvalue weighted by Gasteiger charge is 2.39. The van der Waals surface area contributed by atoms with Crippen molar-refractivity contribution >= 4 is 37.2 Å². The maximum Gasteiger partial charge on any atom is 0.262 e. The molecule has 1 fully saturated rings. The first-order valence-corrected chi connectivity index (χ1v) is 9.28. The Labute approximate surface area is 134 Å². The molecule has 0 radical (unpaired) electrons. The van der Waals surface area contributed by atoms with Gasteiger partial charge < -0.3 is 5.32 Å². The zero-order valence-electron chi connectivity index (χ0n) is 12.0. The highest BCUT2D eigenvalue weighted by atomic mass is 35.7. The molecule has 0 aromatic heterocycles. The van der Waals surface area contributed by atoms with Gasteiger partial charge in [-0.3, -0.25) is 4.79 Å². The lowest BCUT2D eigenvalue weighted by atomic mass is 9.98. The van der Waals surface area contributed by atoms with Crippen LogP contribution in [0, 0.1) is 12.8 Å². The molecule has 1 aliphatic carbocycles. The predicted octanol–water partition coefficient (Wildman–Crippen LogP) is 3.49. The van der Waals surface area contributed by atoms with Crippen LogP contribution >= 0.6 is 22.3 Å². The number of aryl methyl sites for hydroxylation is 1. The Morgan fingerprint density at radius 3 is 2.38 bits per heavy atom. The maximum atomic E-state index is 12.3. The van der Waals surface area contributed by atoms with Gasteiger partial charge in [-0.25, -0.2) is 8.42 Å². The molecule has 1 N–H and O–H groups in total. The van der Waals surface area contributed by atoms with Crippen molar-refractivity contribution in [2.24, 2.45) is 5.92 Å². The summed E-state index contributed by atoms with van der Waals surface area (Å²) in [6.07, 6.45) is 2.18. The minimum absolute atomic E-state index is 0.0444. The van der Waals surface area contributed by atoms with Crippen molar-refractivity contribution in [2.75, 3.05) is 0 Å². The fraction of sp³-hybridized carbons (Fsp3) is 0.500. The Balaban J connectivity index is 2.36. The summed E-state index contributed by atoms with van der Waals surface area (Å²) < 4.78 is 23.1. The standard InChI is InChI=1S/C14H17Cl2NO3S/c1-8-6-9(7-11(12(8)15)21(16,19)20)13(18)17-14(2,3)10-4-5-10/h6-7,10H,4-5H2,1-3H3,(H,17,18). The molecule has 116 valence electrons. The fourth-order valence-corrected chi connectivity index (χ4v) is 3.86. The van der Waals surface area contributed by atoms with E-state index in [4.69, 9.17) is 22.3 Å². The van der Waals surface area contributed by atoms with E-state index < -0.39 is 9.05 Å². The number of amides is 1. The van der Waals surface area contributed by atoms with E-state index in [2.05, 4.69) is 5.32 Å². The highest BCUT2D eigenvalue weighted by molar-refractivity contribution is 8.13. The van der Waals surface area contributed by atoms with Gasteiger partial charge in [0.25, 0.3) is 15.0 Å². The molecule has 7 heteroatoms. The number of carbonyl (C=O) groups excluding carboxylic acids is 1. The quantitative estimate of drug-likeness (QED) is 0.846. The van der Waals surface area contributed by atoms with E-state index in [1.807, 2.05) is 13.8 Å². The molecule has 4 nitrogen and oxygen atoms in total. The first kappa shape index (κ1) is 16.6. The SMILES string of the molecule is Cc1cc(C(=O)NC(C)(C)C2CC2)cc(S(=O)(=O)Cl)c1Cl. The second kappa shape index (κ2) is 5.45. The molecule has 1 amide bonds. The van der Waals surface area contributed by atoms with Crippen LogP contribution in [-0.2, 0) is 9.05 Å². The fourth-order valence-electron chi connectivity index (χ4n) is 2.32. The first-order chi connectivity index (χ1) is 9.52. The minimum Gasteiger partial charge on any atom is -0.347 e. The van der Waals surface area contributed by atoms with Gasteiger partial charge in [-0.15, -0.1) is 0 Å². The summed E-state index contributed by atoms with van der Waals surface area (Å²) >= 11 is 5.95. The average Bonchev–Trinajstić information content (AvgIpc) is 3.14. The number of hydrogen-bond donors (Lipinski definition) is 1. The molecular formula is C14H17Cl2NO3S. The molecule has 0 heterocycles. The Bertz CT molecular complexity index is 694. The summed E-state index contributed by atoms with van der Waals surface area (Å²) in [6, 6.07) is 2.78. The van der Waals surface area contributed by atoms with Crippen molar-refractivity contribution in [1.29, 1.82) is 0 Å². The molecule has 0 saturated heterocycles. The van der Waals surface area contributed by atoms with Crippen molar-refractivity contribution in [2.45, 2.75) is 44.0 Å². The number of carbonyl (C=O) groups is 1. The molecule has 0 spiro atoms. The van der Waals surface area contributed by atoms with Crippen molar-refractivity contribution in [1.82, 2.24) is 5.32 Å². The summed E-state index contributed by atoms with van der Waals surface area (Å²) in [7, 11) is 1.36. The zero-order chi connectivity index (χ0) is 16.0. The van der Waals surface area contributed by atoms with Gasteiger partial charge in [-0.05, 0) is 57.2 Å². The van der Waals surface area contributed by atoms with Crippen LogP contribution in [0.4, 0.5) is 0 Å². The van der Waals surface area contributed by atoms with Crippen molar-refractivity contribution in [3.05, 3.63) is 28.3 Å². The smallest absolute Gasteiger partial charge is 0.262 e. The van der Waals surface area contributed by atoms with Gasteiger partial charge in [0, 0.05) is 21.8 Å². The summed E-state index contributed by atoms with van der Waals surface area (Å²) in [4.78, 5) is 12.1. The van der Waals surface area contributed by atoms with E-state index >= 15 is 0 Å². The molecule has 1 aromatic rings. The Hall–Kier alpha value is -0.780. The number of nitrogens with one attached hydrogen (secondary N) is 1. The van der Waals surface area contributed by atoms with Crippen molar-refractivity contribution < 1.29 is 13.2 Å². The molecule has 1 saturated carbocycles. The third-order valence-electron chi connectivity index (χ3n) is 3.78. The molecule has 0 bridgehead atoms. The van der Waals surface area contributed by atoms with Gasteiger partial charge in [-0.2, -0.15) is 0 Å². The molecule has 0 aliphatic heterocycles. The molecular weight excluding hydrogens is 333 g/mol. The lowest BCUT2D eigenvalue weighted by Crippen LogP contribution is -2.45. The predicted molar refractivity (Wildman–Crippen MR) is 83.5 cm³/mol. The second-order valence-electron chi connectivity index (χ2n) is 5.99. The van der Waals surface area contributed by atoms with Crippen LogP contribution in [0.2, 0.25) is 5.02 Å². The Kier molecular flexibility index (Phi) is 4.30.